The van der Waals surface area contributed by atoms with Gasteiger partial charge in [0.2, 0.25) is 0 Å². The van der Waals surface area contributed by atoms with Gasteiger partial charge in [0.15, 0.2) is 4.34 Å². The number of nitrogens with zero attached hydrogens (tertiary/aromatic N) is 2. The van der Waals surface area contributed by atoms with Crippen LogP contribution in [0.2, 0.25) is 0 Å². The Kier molecular flexibility index (Phi) is 0.979. The van der Waals surface area contributed by atoms with Crippen LogP contribution in [0.25, 0.3) is 0 Å². The molecule has 0 aliphatic carbocycles. The molecule has 0 atom stereocenters. The van der Waals surface area contributed by atoms with Crippen molar-refractivity contribution >= 4 is 24.2 Å². The molecule has 31 valence electrons. The van der Waals surface area contributed by atoms with Crippen molar-refractivity contribution in [1.29, 1.82) is 0 Å². The van der Waals surface area contributed by atoms with Gasteiger partial charge in [-0.15, -0.1) is 0 Å². The molecule has 0 unspecified atom stereocenters. The summed E-state index contributed by atoms with van der Waals surface area (Å²) in [7, 11) is 0. The van der Waals surface area contributed by atoms with Crippen LogP contribution in [-0.4, -0.2) is 9.36 Å². The zero-order valence-electron chi connectivity index (χ0n) is 2.79. The Balaban J connectivity index is 3.05. The molecule has 1 aromatic rings. The average molecular weight is 117 g/mol. The number of hydrogen-bond donors (Lipinski definition) is 0. The Morgan fingerprint density at radius 3 is 2.83 bits per heavy atom. The highest BCUT2D eigenvalue weighted by atomic mass is 32.2. The van der Waals surface area contributed by atoms with E-state index in [1.807, 2.05) is 0 Å². The topological polar surface area (TPSA) is 25.8 Å². The minimum atomic E-state index is 0.606. The zero-order valence-corrected chi connectivity index (χ0v) is 4.42. The molecule has 1 rings (SSSR count). The van der Waals surface area contributed by atoms with Crippen molar-refractivity contribution in [3.8, 4) is 0 Å². The molecule has 1 aromatic heterocycles. The molecular formula is C2HN2S2. The third kappa shape index (κ3) is 0.636. The second-order valence-corrected chi connectivity index (χ2v) is 2.13. The molecule has 0 aliphatic rings. The molecule has 4 heteroatoms. The minimum Gasteiger partial charge on any atom is -0.212 e. The van der Waals surface area contributed by atoms with Crippen LogP contribution in [0.4, 0.5) is 0 Å². The monoisotopic (exact) mass is 117 g/mol. The molecule has 0 fully saturated rings. The third-order valence-corrected chi connectivity index (χ3v) is 1.13. The van der Waals surface area contributed by atoms with Gasteiger partial charge in [0.1, 0.15) is 6.33 Å². The van der Waals surface area contributed by atoms with Gasteiger partial charge in [-0.1, -0.05) is 0 Å². The van der Waals surface area contributed by atoms with Crippen molar-refractivity contribution in [3.63, 3.8) is 0 Å². The first-order valence-corrected chi connectivity index (χ1v) is 2.51. The standard InChI is InChI=1S/C2HN2S2/c5-2-3-1-4-6-2/h1H. The van der Waals surface area contributed by atoms with Crippen molar-refractivity contribution in [2.24, 2.45) is 0 Å². The van der Waals surface area contributed by atoms with Gasteiger partial charge in [-0.05, 0) is 24.2 Å². The highest BCUT2D eigenvalue weighted by Gasteiger charge is 1.81. The molecular weight excluding hydrogens is 116 g/mol. The number of aromatic nitrogens is 2. The fourth-order valence-electron chi connectivity index (χ4n) is 0.163. The summed E-state index contributed by atoms with van der Waals surface area (Å²) in [6.45, 7) is 0. The highest BCUT2D eigenvalue weighted by molar-refractivity contribution is 7.82. The third-order valence-electron chi connectivity index (χ3n) is 0.341. The van der Waals surface area contributed by atoms with E-state index >= 15 is 0 Å². The molecule has 0 aromatic carbocycles. The molecule has 6 heavy (non-hydrogen) atoms. The molecule has 0 bridgehead atoms. The van der Waals surface area contributed by atoms with Gasteiger partial charge in [0.25, 0.3) is 0 Å². The first-order chi connectivity index (χ1) is 2.89. The highest BCUT2D eigenvalue weighted by Crippen LogP contribution is 2.02. The fraction of sp³-hybridized carbons (Fsp3) is 0. The zero-order chi connectivity index (χ0) is 4.41. The van der Waals surface area contributed by atoms with Gasteiger partial charge in [0.05, 0.1) is 0 Å². The fourth-order valence-corrected chi connectivity index (χ4v) is 0.618. The van der Waals surface area contributed by atoms with E-state index in [1.165, 1.54) is 17.9 Å². The van der Waals surface area contributed by atoms with Crippen LogP contribution in [0.15, 0.2) is 10.7 Å². The lowest BCUT2D eigenvalue weighted by molar-refractivity contribution is 1.22. The van der Waals surface area contributed by atoms with E-state index in [0.29, 0.717) is 4.34 Å². The van der Waals surface area contributed by atoms with Gasteiger partial charge < -0.3 is 0 Å². The van der Waals surface area contributed by atoms with Crippen molar-refractivity contribution in [1.82, 2.24) is 9.36 Å². The van der Waals surface area contributed by atoms with E-state index in [-0.39, 0.29) is 0 Å². The predicted molar refractivity (Wildman–Crippen MR) is 25.8 cm³/mol. The van der Waals surface area contributed by atoms with Crippen LogP contribution in [-0.2, 0) is 0 Å². The Hall–Kier alpha value is -0.220. The minimum absolute atomic E-state index is 0.606. The summed E-state index contributed by atoms with van der Waals surface area (Å²) in [5.41, 5.74) is 0. The Labute approximate surface area is 44.8 Å². The van der Waals surface area contributed by atoms with Crippen LogP contribution < -0.4 is 0 Å². The maximum atomic E-state index is 4.59. The van der Waals surface area contributed by atoms with Crippen molar-refractivity contribution < 1.29 is 0 Å². The van der Waals surface area contributed by atoms with E-state index in [2.05, 4.69) is 22.0 Å². The normalized spacial score (nSPS) is 8.67. The van der Waals surface area contributed by atoms with E-state index in [4.69, 9.17) is 0 Å². The van der Waals surface area contributed by atoms with Gasteiger partial charge in [-0.2, -0.15) is 4.37 Å². The average Bonchev–Trinajstić information content (AvgIpc) is 1.86. The molecule has 0 amide bonds. The summed E-state index contributed by atoms with van der Waals surface area (Å²) in [5, 5.41) is 0. The van der Waals surface area contributed by atoms with E-state index in [9.17, 15) is 0 Å². The van der Waals surface area contributed by atoms with Crippen LogP contribution in [0, 0.1) is 0 Å². The van der Waals surface area contributed by atoms with Crippen molar-refractivity contribution in [2.75, 3.05) is 0 Å². The van der Waals surface area contributed by atoms with Crippen LogP contribution in [0.3, 0.4) is 0 Å². The van der Waals surface area contributed by atoms with Crippen LogP contribution >= 0.6 is 24.2 Å². The maximum Gasteiger partial charge on any atom is 0.200 e. The SMILES string of the molecule is [S]c1ncns1. The van der Waals surface area contributed by atoms with Crippen molar-refractivity contribution in [3.05, 3.63) is 6.33 Å². The summed E-state index contributed by atoms with van der Waals surface area (Å²) < 4.78 is 4.25. The molecule has 0 saturated carbocycles. The molecule has 1 radical (unpaired) electrons. The van der Waals surface area contributed by atoms with Crippen LogP contribution in [0.1, 0.15) is 0 Å². The predicted octanol–water partition coefficient (Wildman–Crippen LogP) is 1.09. The van der Waals surface area contributed by atoms with Crippen LogP contribution in [0.5, 0.6) is 0 Å². The second-order valence-electron chi connectivity index (χ2n) is 0.707. The van der Waals surface area contributed by atoms with E-state index < -0.39 is 0 Å². The van der Waals surface area contributed by atoms with Gasteiger partial charge in [-0.3, -0.25) is 0 Å². The molecule has 1 heterocycles. The van der Waals surface area contributed by atoms with Crippen molar-refractivity contribution in [2.45, 2.75) is 4.34 Å². The number of hydrogen-bond acceptors (Lipinski definition) is 3. The lowest BCUT2D eigenvalue weighted by Gasteiger charge is -1.58. The Bertz CT molecular complexity index is 113. The summed E-state index contributed by atoms with van der Waals surface area (Å²) in [5.74, 6) is 0. The molecule has 0 aliphatic heterocycles. The first-order valence-electron chi connectivity index (χ1n) is 1.33. The van der Waals surface area contributed by atoms with E-state index in [1.54, 1.807) is 0 Å². The molecule has 0 saturated heterocycles. The van der Waals surface area contributed by atoms with Gasteiger partial charge in [-0.25, -0.2) is 4.98 Å². The second kappa shape index (κ2) is 1.49. The van der Waals surface area contributed by atoms with Gasteiger partial charge in [0, 0.05) is 0 Å². The molecule has 2 nitrogen and oxygen atoms in total. The summed E-state index contributed by atoms with van der Waals surface area (Å²) in [6.07, 6.45) is 1.45. The lowest BCUT2D eigenvalue weighted by Crippen LogP contribution is -1.50. The Morgan fingerprint density at radius 1 is 1.83 bits per heavy atom. The summed E-state index contributed by atoms with van der Waals surface area (Å²) in [6, 6.07) is 0. The summed E-state index contributed by atoms with van der Waals surface area (Å²) in [4.78, 5) is 3.64. The summed E-state index contributed by atoms with van der Waals surface area (Å²) >= 11 is 5.82. The number of rotatable bonds is 0. The molecule has 0 N–H and O–H groups in total. The van der Waals surface area contributed by atoms with E-state index in [0.717, 1.165) is 0 Å². The largest absolute Gasteiger partial charge is 0.212 e. The maximum absolute atomic E-state index is 4.59. The smallest absolute Gasteiger partial charge is 0.200 e. The van der Waals surface area contributed by atoms with Gasteiger partial charge >= 0.3 is 0 Å². The first kappa shape index (κ1) is 3.95. The lowest BCUT2D eigenvalue weighted by atomic mass is 11.3. The molecule has 0 spiro atoms. The Morgan fingerprint density at radius 2 is 2.67 bits per heavy atom. The quantitative estimate of drug-likeness (QED) is 0.508.